The molecule has 0 fully saturated rings. The molecule has 0 radical (unpaired) electrons. The zero-order valence-corrected chi connectivity index (χ0v) is 12.9. The lowest BCUT2D eigenvalue weighted by Gasteiger charge is -2.26. The molecule has 1 atom stereocenters. The summed E-state index contributed by atoms with van der Waals surface area (Å²) in [6.07, 6.45) is 0.980. The van der Waals surface area contributed by atoms with E-state index in [1.807, 2.05) is 0 Å². The topological polar surface area (TPSA) is 95.5 Å². The molecule has 2 aromatic rings. The minimum absolute atomic E-state index is 0.122. The maximum atomic E-state index is 13.5. The monoisotopic (exact) mass is 338 g/mol. The third-order valence-corrected chi connectivity index (χ3v) is 4.13. The second kappa shape index (κ2) is 5.27. The second-order valence-electron chi connectivity index (χ2n) is 4.89. The van der Waals surface area contributed by atoms with Crippen LogP contribution in [0.2, 0.25) is 0 Å². The second-order valence-corrected chi connectivity index (χ2v) is 6.80. The molecule has 0 saturated carbocycles. The molecular formula is C14H11FN2O5S. The van der Waals surface area contributed by atoms with Gasteiger partial charge in [-0.2, -0.15) is 0 Å². The molecular weight excluding hydrogens is 327 g/mol. The molecule has 0 amide bonds. The van der Waals surface area contributed by atoms with Gasteiger partial charge in [0.25, 0.3) is 0 Å². The van der Waals surface area contributed by atoms with E-state index in [0.717, 1.165) is 18.4 Å². The van der Waals surface area contributed by atoms with Crippen LogP contribution in [-0.2, 0) is 19.4 Å². The van der Waals surface area contributed by atoms with Crippen LogP contribution < -0.4 is 4.74 Å². The van der Waals surface area contributed by atoms with Gasteiger partial charge in [0, 0.05) is 23.6 Å². The van der Waals surface area contributed by atoms with Crippen LogP contribution in [0.3, 0.4) is 0 Å². The molecule has 0 aliphatic carbocycles. The summed E-state index contributed by atoms with van der Waals surface area (Å²) in [5, 5.41) is -0.419. The van der Waals surface area contributed by atoms with Crippen LogP contribution in [0.25, 0.3) is 11.3 Å². The highest BCUT2D eigenvalue weighted by Gasteiger charge is 2.35. The van der Waals surface area contributed by atoms with Crippen molar-refractivity contribution < 1.29 is 27.1 Å². The number of sulfone groups is 1. The van der Waals surface area contributed by atoms with E-state index >= 15 is 0 Å². The Labute approximate surface area is 131 Å². The number of hydrogen-bond acceptors (Lipinski definition) is 7. The summed E-state index contributed by atoms with van der Waals surface area (Å²) >= 11 is 0. The summed E-state index contributed by atoms with van der Waals surface area (Å²) in [4.78, 5) is 19.6. The van der Waals surface area contributed by atoms with Crippen LogP contribution in [0, 0.1) is 5.82 Å². The fourth-order valence-corrected chi connectivity index (χ4v) is 2.73. The summed E-state index contributed by atoms with van der Waals surface area (Å²) in [6.45, 7) is 0. The largest absolute Gasteiger partial charge is 0.473 e. The number of nitrogens with zero attached hydrogens (tertiary/aromatic N) is 2. The molecule has 120 valence electrons. The molecule has 0 bridgehead atoms. The van der Waals surface area contributed by atoms with Crippen LogP contribution in [0.4, 0.5) is 4.39 Å². The summed E-state index contributed by atoms with van der Waals surface area (Å²) < 4.78 is 47.0. The van der Waals surface area contributed by atoms with Crippen molar-refractivity contribution in [1.82, 2.24) is 9.97 Å². The van der Waals surface area contributed by atoms with Crippen LogP contribution in [0.1, 0.15) is 11.7 Å². The van der Waals surface area contributed by atoms with Crippen molar-refractivity contribution in [2.24, 2.45) is 0 Å². The van der Waals surface area contributed by atoms with E-state index in [4.69, 9.17) is 4.74 Å². The number of carbonyl (C=O) groups is 1. The molecule has 1 aliphatic heterocycles. The first kappa shape index (κ1) is 15.3. The Bertz CT molecular complexity index is 913. The third kappa shape index (κ3) is 2.63. The highest BCUT2D eigenvalue weighted by Crippen LogP contribution is 2.41. The fraction of sp³-hybridized carbons (Fsp3) is 0.214. The van der Waals surface area contributed by atoms with E-state index < -0.39 is 32.9 Å². The number of methoxy groups -OCH3 is 1. The fourth-order valence-electron chi connectivity index (χ4n) is 2.22. The van der Waals surface area contributed by atoms with E-state index in [0.29, 0.717) is 0 Å². The highest BCUT2D eigenvalue weighted by molar-refractivity contribution is 7.90. The highest BCUT2D eigenvalue weighted by atomic mass is 32.2. The van der Waals surface area contributed by atoms with Crippen LogP contribution in [-0.4, -0.2) is 37.7 Å². The zero-order chi connectivity index (χ0) is 16.8. The van der Waals surface area contributed by atoms with E-state index in [9.17, 15) is 17.6 Å². The summed E-state index contributed by atoms with van der Waals surface area (Å²) in [7, 11) is -2.47. The number of carbonyl (C=O) groups excluding carboxylic acids is 1. The SMILES string of the molecule is COC(=O)C1Oc2ccc(F)cc2-c2nc(S(C)(=O)=O)ncc21. The Hall–Kier alpha value is -2.55. The molecule has 0 spiro atoms. The van der Waals surface area contributed by atoms with Gasteiger partial charge in [0.1, 0.15) is 11.6 Å². The third-order valence-electron chi connectivity index (χ3n) is 3.27. The number of fused-ring (bicyclic) bond motifs is 3. The molecule has 0 saturated heterocycles. The summed E-state index contributed by atoms with van der Waals surface area (Å²) in [5.74, 6) is -1.04. The molecule has 23 heavy (non-hydrogen) atoms. The molecule has 1 unspecified atom stereocenters. The quantitative estimate of drug-likeness (QED) is 0.601. The van der Waals surface area contributed by atoms with Crippen LogP contribution in [0.5, 0.6) is 5.75 Å². The zero-order valence-electron chi connectivity index (χ0n) is 12.1. The smallest absolute Gasteiger partial charge is 0.351 e. The predicted molar refractivity (Wildman–Crippen MR) is 75.9 cm³/mol. The standard InChI is InChI=1S/C14H11FN2O5S/c1-21-13(18)12-9-6-16-14(23(2,19)20)17-11(9)8-5-7(15)3-4-10(8)22-12/h3-6,12H,1-2H3. The molecule has 7 nitrogen and oxygen atoms in total. The van der Waals surface area contributed by atoms with Gasteiger partial charge in [-0.05, 0) is 18.2 Å². The first-order valence-corrected chi connectivity index (χ1v) is 8.32. The van der Waals surface area contributed by atoms with Crippen molar-refractivity contribution in [3.63, 3.8) is 0 Å². The van der Waals surface area contributed by atoms with Gasteiger partial charge in [-0.25, -0.2) is 27.6 Å². The van der Waals surface area contributed by atoms with E-state index in [-0.39, 0.29) is 22.6 Å². The Morgan fingerprint density at radius 3 is 2.78 bits per heavy atom. The van der Waals surface area contributed by atoms with Crippen molar-refractivity contribution in [1.29, 1.82) is 0 Å². The van der Waals surface area contributed by atoms with Crippen molar-refractivity contribution >= 4 is 15.8 Å². The van der Waals surface area contributed by atoms with Crippen molar-refractivity contribution in [2.45, 2.75) is 11.3 Å². The Morgan fingerprint density at radius 1 is 1.39 bits per heavy atom. The minimum Gasteiger partial charge on any atom is -0.473 e. The molecule has 1 aliphatic rings. The first-order valence-electron chi connectivity index (χ1n) is 6.42. The number of hydrogen-bond donors (Lipinski definition) is 0. The lowest BCUT2D eigenvalue weighted by atomic mass is 9.99. The van der Waals surface area contributed by atoms with E-state index in [1.54, 1.807) is 0 Å². The van der Waals surface area contributed by atoms with Crippen molar-refractivity contribution in [2.75, 3.05) is 13.4 Å². The summed E-state index contributed by atoms with van der Waals surface area (Å²) in [5.41, 5.74) is 0.575. The first-order chi connectivity index (χ1) is 10.8. The van der Waals surface area contributed by atoms with E-state index in [1.165, 1.54) is 19.4 Å². The lowest BCUT2D eigenvalue weighted by Crippen LogP contribution is -2.25. The number of rotatable bonds is 2. The molecule has 1 aromatic carbocycles. The number of halogens is 1. The normalized spacial score (nSPS) is 16.0. The van der Waals surface area contributed by atoms with E-state index in [2.05, 4.69) is 14.7 Å². The predicted octanol–water partition coefficient (Wildman–Crippen LogP) is 1.29. The Morgan fingerprint density at radius 2 is 2.13 bits per heavy atom. The molecule has 2 heterocycles. The van der Waals surface area contributed by atoms with Crippen molar-refractivity contribution in [3.8, 4) is 17.0 Å². The number of esters is 1. The van der Waals surface area contributed by atoms with Gasteiger partial charge in [0.05, 0.1) is 12.8 Å². The van der Waals surface area contributed by atoms with Gasteiger partial charge in [0.15, 0.2) is 0 Å². The Kier molecular flexibility index (Phi) is 3.52. The maximum absolute atomic E-state index is 13.5. The molecule has 9 heteroatoms. The Balaban J connectivity index is 2.28. The van der Waals surface area contributed by atoms with Crippen molar-refractivity contribution in [3.05, 3.63) is 35.8 Å². The van der Waals surface area contributed by atoms with Gasteiger partial charge < -0.3 is 9.47 Å². The van der Waals surface area contributed by atoms with Gasteiger partial charge >= 0.3 is 5.97 Å². The van der Waals surface area contributed by atoms with Gasteiger partial charge in [0.2, 0.25) is 21.1 Å². The van der Waals surface area contributed by atoms with Crippen LogP contribution in [0.15, 0.2) is 29.6 Å². The van der Waals surface area contributed by atoms with Gasteiger partial charge in [-0.3, -0.25) is 0 Å². The number of aromatic nitrogens is 2. The average Bonchev–Trinajstić information content (AvgIpc) is 2.52. The van der Waals surface area contributed by atoms with Crippen LogP contribution >= 0.6 is 0 Å². The molecule has 1 aromatic heterocycles. The maximum Gasteiger partial charge on any atom is 0.351 e. The molecule has 0 N–H and O–H groups in total. The molecule has 3 rings (SSSR count). The minimum atomic E-state index is -3.67. The summed E-state index contributed by atoms with van der Waals surface area (Å²) in [6, 6.07) is 3.66. The van der Waals surface area contributed by atoms with Gasteiger partial charge in [-0.15, -0.1) is 0 Å². The number of benzene rings is 1. The van der Waals surface area contributed by atoms with Gasteiger partial charge in [-0.1, -0.05) is 0 Å². The lowest BCUT2D eigenvalue weighted by molar-refractivity contribution is -0.149. The number of ether oxygens (including phenoxy) is 2. The average molecular weight is 338 g/mol.